The molecule has 4 aliphatic rings. The molecule has 1 heterocycles. The van der Waals surface area contributed by atoms with Gasteiger partial charge in [-0.1, -0.05) is 6.08 Å². The highest BCUT2D eigenvalue weighted by molar-refractivity contribution is 6.01. The van der Waals surface area contributed by atoms with Gasteiger partial charge in [0.1, 0.15) is 6.10 Å². The quantitative estimate of drug-likeness (QED) is 0.528. The number of ketones is 1. The van der Waals surface area contributed by atoms with Crippen LogP contribution in [0, 0.1) is 17.8 Å². The second-order valence-electron chi connectivity index (χ2n) is 5.38. The number of Topliss-reactive ketones (excluding diaryl/α,β-unsaturated/α-hetero) is 1. The van der Waals surface area contributed by atoms with E-state index in [1.807, 2.05) is 0 Å². The molecule has 4 atom stereocenters. The fourth-order valence-corrected chi connectivity index (χ4v) is 3.77. The van der Waals surface area contributed by atoms with Gasteiger partial charge < -0.3 is 18.9 Å². The van der Waals surface area contributed by atoms with Crippen molar-refractivity contribution in [2.75, 3.05) is 21.3 Å². The van der Waals surface area contributed by atoms with Crippen LogP contribution in [0.4, 0.5) is 0 Å². The van der Waals surface area contributed by atoms with Gasteiger partial charge in [-0.15, -0.1) is 0 Å². The number of hydrogen-bond acceptors (Lipinski definition) is 7. The maximum atomic E-state index is 12.7. The average Bonchev–Trinajstić information content (AvgIpc) is 2.89. The third-order valence-corrected chi connectivity index (χ3v) is 4.66. The summed E-state index contributed by atoms with van der Waals surface area (Å²) in [6, 6.07) is 0. The van der Waals surface area contributed by atoms with Crippen molar-refractivity contribution >= 4 is 17.7 Å². The van der Waals surface area contributed by atoms with Crippen LogP contribution in [0.15, 0.2) is 11.6 Å². The summed E-state index contributed by atoms with van der Waals surface area (Å²) in [6.45, 7) is 0. The highest BCUT2D eigenvalue weighted by atomic mass is 16.7. The molecule has 1 saturated heterocycles. The van der Waals surface area contributed by atoms with Crippen LogP contribution in [-0.4, -0.2) is 50.9 Å². The lowest BCUT2D eigenvalue weighted by molar-refractivity contribution is -0.256. The van der Waals surface area contributed by atoms with Crippen LogP contribution < -0.4 is 0 Å². The summed E-state index contributed by atoms with van der Waals surface area (Å²) >= 11 is 0. The van der Waals surface area contributed by atoms with Crippen LogP contribution in [0.5, 0.6) is 0 Å². The van der Waals surface area contributed by atoms with Gasteiger partial charge in [0.2, 0.25) is 5.79 Å². The molecule has 0 aromatic rings. The minimum Gasteiger partial charge on any atom is -0.466 e. The first kappa shape index (κ1) is 14.2. The van der Waals surface area contributed by atoms with Crippen molar-refractivity contribution in [3.8, 4) is 0 Å². The molecule has 7 heteroatoms. The molecule has 0 unspecified atom stereocenters. The van der Waals surface area contributed by atoms with Crippen LogP contribution >= 0.6 is 0 Å². The summed E-state index contributed by atoms with van der Waals surface area (Å²) in [6.07, 6.45) is 1.11. The summed E-state index contributed by atoms with van der Waals surface area (Å²) in [5.74, 6) is -4.59. The number of carbonyl (C=O) groups is 3. The van der Waals surface area contributed by atoms with Crippen molar-refractivity contribution in [2.45, 2.75) is 18.3 Å². The molecule has 0 N–H and O–H groups in total. The molecule has 0 amide bonds. The third kappa shape index (κ3) is 1.64. The predicted octanol–water partition coefficient (Wildman–Crippen LogP) is -0.165. The summed E-state index contributed by atoms with van der Waals surface area (Å²) in [4.78, 5) is 36.3. The Balaban J connectivity index is 2.15. The van der Waals surface area contributed by atoms with Crippen molar-refractivity contribution in [2.24, 2.45) is 17.8 Å². The van der Waals surface area contributed by atoms with Crippen LogP contribution in [0.1, 0.15) is 6.42 Å². The van der Waals surface area contributed by atoms with E-state index < -0.39 is 29.7 Å². The van der Waals surface area contributed by atoms with E-state index >= 15 is 0 Å². The van der Waals surface area contributed by atoms with Gasteiger partial charge >= 0.3 is 11.9 Å². The maximum absolute atomic E-state index is 12.7. The largest absolute Gasteiger partial charge is 0.466 e. The Bertz CT molecular complexity index is 546. The Kier molecular flexibility index (Phi) is 3.14. The van der Waals surface area contributed by atoms with E-state index in [9.17, 15) is 14.4 Å². The van der Waals surface area contributed by atoms with Gasteiger partial charge in [-0.3, -0.25) is 9.59 Å². The molecule has 2 fully saturated rings. The van der Waals surface area contributed by atoms with E-state index in [2.05, 4.69) is 0 Å². The van der Waals surface area contributed by atoms with Gasteiger partial charge in [-0.05, 0) is 0 Å². The topological polar surface area (TPSA) is 88.1 Å². The molecule has 0 aromatic carbocycles. The lowest BCUT2D eigenvalue weighted by atomic mass is 9.59. The number of rotatable bonds is 3. The van der Waals surface area contributed by atoms with Crippen molar-refractivity contribution < 1.29 is 33.3 Å². The maximum Gasteiger partial charge on any atom is 0.334 e. The smallest absolute Gasteiger partial charge is 0.334 e. The Labute approximate surface area is 121 Å². The molecule has 2 bridgehead atoms. The second-order valence-corrected chi connectivity index (χ2v) is 5.38. The average molecular weight is 296 g/mol. The van der Waals surface area contributed by atoms with Crippen LogP contribution in [0.25, 0.3) is 0 Å². The summed E-state index contributed by atoms with van der Waals surface area (Å²) in [5.41, 5.74) is 0.266. The molecule has 3 aliphatic carbocycles. The lowest BCUT2D eigenvalue weighted by Gasteiger charge is -2.50. The molecule has 1 saturated carbocycles. The van der Waals surface area contributed by atoms with E-state index in [4.69, 9.17) is 18.9 Å². The highest BCUT2D eigenvalue weighted by Crippen LogP contribution is 2.54. The Morgan fingerprint density at radius 1 is 1.29 bits per heavy atom. The minimum absolute atomic E-state index is 0.159. The standard InChI is InChI=1S/C14H16O7/c1-18-13(17)8-4-7-6-5-9(15)21-11(6)10(8)14(19-2,20-3)12(7)16/h4,6-7,10-11H,5H2,1-3H3/t6-,7+,10-,11-/m1/s1. The molecule has 0 radical (unpaired) electrons. The number of methoxy groups -OCH3 is 3. The second kappa shape index (κ2) is 4.64. The van der Waals surface area contributed by atoms with Crippen molar-refractivity contribution in [1.29, 1.82) is 0 Å². The van der Waals surface area contributed by atoms with Gasteiger partial charge in [0.15, 0.2) is 5.78 Å². The Morgan fingerprint density at radius 3 is 2.52 bits per heavy atom. The monoisotopic (exact) mass is 296 g/mol. The zero-order valence-electron chi connectivity index (χ0n) is 12.0. The number of esters is 2. The van der Waals surface area contributed by atoms with Crippen LogP contribution in [0.2, 0.25) is 0 Å². The highest BCUT2D eigenvalue weighted by Gasteiger charge is 2.68. The molecule has 114 valence electrons. The molecule has 7 nitrogen and oxygen atoms in total. The molecular formula is C14H16O7. The van der Waals surface area contributed by atoms with Crippen molar-refractivity contribution in [1.82, 2.24) is 0 Å². The molecular weight excluding hydrogens is 280 g/mol. The number of hydrogen-bond donors (Lipinski definition) is 0. The van der Waals surface area contributed by atoms with Crippen LogP contribution in [0.3, 0.4) is 0 Å². The van der Waals surface area contributed by atoms with E-state index in [0.29, 0.717) is 0 Å². The Morgan fingerprint density at radius 2 is 1.95 bits per heavy atom. The fourth-order valence-electron chi connectivity index (χ4n) is 3.77. The molecule has 0 spiro atoms. The summed E-state index contributed by atoms with van der Waals surface area (Å²) < 4.78 is 20.8. The van der Waals surface area contributed by atoms with Crippen molar-refractivity contribution in [3.63, 3.8) is 0 Å². The molecule has 0 aromatic heterocycles. The van der Waals surface area contributed by atoms with Gasteiger partial charge in [0, 0.05) is 31.6 Å². The number of carbonyl (C=O) groups excluding carboxylic acids is 3. The zero-order chi connectivity index (χ0) is 15.4. The SMILES string of the molecule is COC(=O)C1=C[C@@H]2C(=O)C(OC)(OC)[C@H]1[C@@H]1OC(=O)C[C@@H]12. The zero-order valence-corrected chi connectivity index (χ0v) is 12.0. The van der Waals surface area contributed by atoms with Gasteiger partial charge in [0.25, 0.3) is 0 Å². The Hall–Kier alpha value is -1.73. The first-order valence-electron chi connectivity index (χ1n) is 6.64. The molecule has 1 aliphatic heterocycles. The van der Waals surface area contributed by atoms with Crippen molar-refractivity contribution in [3.05, 3.63) is 11.6 Å². The minimum atomic E-state index is -1.62. The predicted molar refractivity (Wildman–Crippen MR) is 66.8 cm³/mol. The van der Waals surface area contributed by atoms with Gasteiger partial charge in [0.05, 0.1) is 19.4 Å². The molecule has 21 heavy (non-hydrogen) atoms. The van der Waals surface area contributed by atoms with Crippen LogP contribution in [-0.2, 0) is 33.3 Å². The molecule has 4 rings (SSSR count). The first-order valence-corrected chi connectivity index (χ1v) is 6.64. The van der Waals surface area contributed by atoms with E-state index in [1.165, 1.54) is 21.3 Å². The summed E-state index contributed by atoms with van der Waals surface area (Å²) in [5, 5.41) is 0. The van der Waals surface area contributed by atoms with E-state index in [-0.39, 0.29) is 29.7 Å². The first-order chi connectivity index (χ1) is 10.00. The lowest BCUT2D eigenvalue weighted by Crippen LogP contribution is -2.66. The number of allylic oxidation sites excluding steroid dienone is 1. The van der Waals surface area contributed by atoms with E-state index in [1.54, 1.807) is 6.08 Å². The number of ether oxygens (including phenoxy) is 4. The third-order valence-electron chi connectivity index (χ3n) is 4.66. The fraction of sp³-hybridized carbons (Fsp3) is 0.643. The van der Waals surface area contributed by atoms with E-state index in [0.717, 1.165) is 0 Å². The number of fused-ring (bicyclic) bond motifs is 1. The summed E-state index contributed by atoms with van der Waals surface area (Å²) in [7, 11) is 3.93. The normalized spacial score (nSPS) is 36.0. The van der Waals surface area contributed by atoms with Gasteiger partial charge in [-0.25, -0.2) is 4.79 Å². The van der Waals surface area contributed by atoms with Gasteiger partial charge in [-0.2, -0.15) is 0 Å².